The summed E-state index contributed by atoms with van der Waals surface area (Å²) in [5.41, 5.74) is 2.66. The lowest BCUT2D eigenvalue weighted by atomic mass is 9.93. The fourth-order valence-corrected chi connectivity index (χ4v) is 3.00. The van der Waals surface area contributed by atoms with Gasteiger partial charge in [-0.1, -0.05) is 35.5 Å². The van der Waals surface area contributed by atoms with E-state index in [0.29, 0.717) is 29.1 Å². The van der Waals surface area contributed by atoms with Crippen molar-refractivity contribution < 1.29 is 18.8 Å². The average molecular weight is 348 g/mol. The number of hydrogen-bond donors (Lipinski definition) is 1. The van der Waals surface area contributed by atoms with Crippen LogP contribution in [0.25, 0.3) is 0 Å². The predicted molar refractivity (Wildman–Crippen MR) is 93.9 cm³/mol. The van der Waals surface area contributed by atoms with Gasteiger partial charge in [0, 0.05) is 18.1 Å². The average Bonchev–Trinajstić information content (AvgIpc) is 3.06. The molecular weight excluding hydrogens is 332 g/mol. The lowest BCUT2D eigenvalue weighted by Gasteiger charge is -2.25. The molecule has 0 bridgehead atoms. The molecule has 1 unspecified atom stereocenters. The van der Waals surface area contributed by atoms with Crippen LogP contribution in [0.3, 0.4) is 0 Å². The molecule has 2 heterocycles. The SMILES string of the molecule is Cc1cc(NC(=O)c2ccc3c(c2)CC(c2ccccc2)OC3=O)no1. The molecule has 0 spiro atoms. The van der Waals surface area contributed by atoms with Crippen molar-refractivity contribution in [1.29, 1.82) is 0 Å². The van der Waals surface area contributed by atoms with E-state index in [1.807, 2.05) is 30.3 Å². The topological polar surface area (TPSA) is 81.4 Å². The number of hydrogen-bond acceptors (Lipinski definition) is 5. The van der Waals surface area contributed by atoms with Gasteiger partial charge in [-0.05, 0) is 36.2 Å². The van der Waals surface area contributed by atoms with E-state index in [-0.39, 0.29) is 18.0 Å². The maximum Gasteiger partial charge on any atom is 0.339 e. The molecule has 0 fully saturated rings. The van der Waals surface area contributed by atoms with Crippen LogP contribution in [0.5, 0.6) is 0 Å². The van der Waals surface area contributed by atoms with Gasteiger partial charge in [0.2, 0.25) is 0 Å². The number of nitrogens with one attached hydrogen (secondary N) is 1. The molecule has 4 rings (SSSR count). The third kappa shape index (κ3) is 3.09. The lowest BCUT2D eigenvalue weighted by molar-refractivity contribution is 0.0252. The van der Waals surface area contributed by atoms with Crippen LogP contribution in [0.1, 0.15) is 43.7 Å². The molecule has 0 saturated carbocycles. The van der Waals surface area contributed by atoms with Crippen LogP contribution in [0.4, 0.5) is 5.82 Å². The van der Waals surface area contributed by atoms with Crippen molar-refractivity contribution in [2.75, 3.05) is 5.32 Å². The van der Waals surface area contributed by atoms with Gasteiger partial charge in [0.05, 0.1) is 5.56 Å². The Balaban J connectivity index is 1.59. The summed E-state index contributed by atoms with van der Waals surface area (Å²) in [5.74, 6) is 0.279. The molecular formula is C20H16N2O4. The summed E-state index contributed by atoms with van der Waals surface area (Å²) in [6.07, 6.45) is 0.169. The molecule has 1 N–H and O–H groups in total. The Morgan fingerprint density at radius 1 is 1.15 bits per heavy atom. The zero-order chi connectivity index (χ0) is 18.1. The first-order chi connectivity index (χ1) is 12.6. The molecule has 1 aliphatic heterocycles. The minimum Gasteiger partial charge on any atom is -0.454 e. The van der Waals surface area contributed by atoms with Crippen LogP contribution >= 0.6 is 0 Å². The molecule has 3 aromatic rings. The first-order valence-electron chi connectivity index (χ1n) is 8.23. The van der Waals surface area contributed by atoms with Crippen molar-refractivity contribution >= 4 is 17.7 Å². The van der Waals surface area contributed by atoms with Crippen molar-refractivity contribution in [3.8, 4) is 0 Å². The molecule has 6 nitrogen and oxygen atoms in total. The third-order valence-corrected chi connectivity index (χ3v) is 4.28. The van der Waals surface area contributed by atoms with Crippen molar-refractivity contribution in [3.63, 3.8) is 0 Å². The fraction of sp³-hybridized carbons (Fsp3) is 0.150. The highest BCUT2D eigenvalue weighted by atomic mass is 16.5. The van der Waals surface area contributed by atoms with Gasteiger partial charge in [-0.2, -0.15) is 0 Å². The number of benzene rings is 2. The van der Waals surface area contributed by atoms with E-state index in [0.717, 1.165) is 11.1 Å². The van der Waals surface area contributed by atoms with Gasteiger partial charge in [0.15, 0.2) is 5.82 Å². The van der Waals surface area contributed by atoms with E-state index in [4.69, 9.17) is 9.26 Å². The van der Waals surface area contributed by atoms with E-state index in [9.17, 15) is 9.59 Å². The van der Waals surface area contributed by atoms with Crippen LogP contribution in [0.15, 0.2) is 59.1 Å². The number of ether oxygens (including phenoxy) is 1. The van der Waals surface area contributed by atoms with E-state index in [1.165, 1.54) is 0 Å². The Morgan fingerprint density at radius 3 is 2.69 bits per heavy atom. The number of rotatable bonds is 3. The van der Waals surface area contributed by atoms with Crippen LogP contribution < -0.4 is 5.32 Å². The number of carbonyl (C=O) groups is 2. The quantitative estimate of drug-likeness (QED) is 0.730. The van der Waals surface area contributed by atoms with E-state index < -0.39 is 0 Å². The number of aromatic nitrogens is 1. The molecule has 1 amide bonds. The van der Waals surface area contributed by atoms with Crippen LogP contribution in [-0.4, -0.2) is 17.0 Å². The van der Waals surface area contributed by atoms with Gasteiger partial charge < -0.3 is 14.6 Å². The zero-order valence-corrected chi connectivity index (χ0v) is 14.1. The maximum absolute atomic E-state index is 12.4. The Kier molecular flexibility index (Phi) is 4.01. The Hall–Kier alpha value is -3.41. The molecule has 130 valence electrons. The van der Waals surface area contributed by atoms with E-state index in [2.05, 4.69) is 10.5 Å². The van der Waals surface area contributed by atoms with Crippen molar-refractivity contribution in [1.82, 2.24) is 5.16 Å². The molecule has 0 radical (unpaired) electrons. The van der Waals surface area contributed by atoms with Gasteiger partial charge in [0.25, 0.3) is 5.91 Å². The number of amides is 1. The van der Waals surface area contributed by atoms with E-state index in [1.54, 1.807) is 31.2 Å². The van der Waals surface area contributed by atoms with Gasteiger partial charge >= 0.3 is 5.97 Å². The van der Waals surface area contributed by atoms with E-state index >= 15 is 0 Å². The number of nitrogens with zero attached hydrogens (tertiary/aromatic N) is 1. The van der Waals surface area contributed by atoms with Crippen LogP contribution in [-0.2, 0) is 11.2 Å². The smallest absolute Gasteiger partial charge is 0.339 e. The molecule has 0 saturated heterocycles. The molecule has 0 aliphatic carbocycles. The van der Waals surface area contributed by atoms with Crippen LogP contribution in [0.2, 0.25) is 0 Å². The largest absolute Gasteiger partial charge is 0.454 e. The fourth-order valence-electron chi connectivity index (χ4n) is 3.00. The number of cyclic esters (lactones) is 1. The second-order valence-electron chi connectivity index (χ2n) is 6.16. The first-order valence-corrected chi connectivity index (χ1v) is 8.23. The minimum atomic E-state index is -0.376. The molecule has 6 heteroatoms. The molecule has 26 heavy (non-hydrogen) atoms. The van der Waals surface area contributed by atoms with Gasteiger partial charge in [-0.25, -0.2) is 4.79 Å². The summed E-state index contributed by atoms with van der Waals surface area (Å²) in [7, 11) is 0. The predicted octanol–water partition coefficient (Wildman–Crippen LogP) is 3.69. The summed E-state index contributed by atoms with van der Waals surface area (Å²) in [6.45, 7) is 1.75. The molecule has 1 atom stereocenters. The summed E-state index contributed by atoms with van der Waals surface area (Å²) in [5, 5.41) is 6.43. The van der Waals surface area contributed by atoms with Gasteiger partial charge in [-0.15, -0.1) is 0 Å². The molecule has 1 aromatic heterocycles. The van der Waals surface area contributed by atoms with Crippen LogP contribution in [0, 0.1) is 6.92 Å². The normalized spacial score (nSPS) is 15.9. The highest BCUT2D eigenvalue weighted by Crippen LogP contribution is 2.31. The van der Waals surface area contributed by atoms with Crippen molar-refractivity contribution in [2.45, 2.75) is 19.4 Å². The second-order valence-corrected chi connectivity index (χ2v) is 6.16. The highest BCUT2D eigenvalue weighted by molar-refractivity contribution is 6.04. The summed E-state index contributed by atoms with van der Waals surface area (Å²) < 4.78 is 10.5. The summed E-state index contributed by atoms with van der Waals surface area (Å²) in [6, 6.07) is 16.2. The highest BCUT2D eigenvalue weighted by Gasteiger charge is 2.28. The molecule has 2 aromatic carbocycles. The Labute approximate surface area is 149 Å². The third-order valence-electron chi connectivity index (χ3n) is 4.28. The first kappa shape index (κ1) is 16.1. The zero-order valence-electron chi connectivity index (χ0n) is 14.1. The summed E-state index contributed by atoms with van der Waals surface area (Å²) >= 11 is 0. The number of carbonyl (C=O) groups excluding carboxylic acids is 2. The Bertz CT molecular complexity index is 978. The number of esters is 1. The lowest BCUT2D eigenvalue weighted by Crippen LogP contribution is -2.23. The monoisotopic (exact) mass is 348 g/mol. The number of fused-ring (bicyclic) bond motifs is 1. The van der Waals surface area contributed by atoms with Gasteiger partial charge in [-0.3, -0.25) is 4.79 Å². The maximum atomic E-state index is 12.4. The van der Waals surface area contributed by atoms with Crippen molar-refractivity contribution in [3.05, 3.63) is 82.6 Å². The number of anilines is 1. The van der Waals surface area contributed by atoms with Gasteiger partial charge in [0.1, 0.15) is 11.9 Å². The van der Waals surface area contributed by atoms with Crippen molar-refractivity contribution in [2.24, 2.45) is 0 Å². The minimum absolute atomic E-state index is 0.309. The summed E-state index contributed by atoms with van der Waals surface area (Å²) in [4.78, 5) is 24.7. The Morgan fingerprint density at radius 2 is 1.96 bits per heavy atom. The standard InChI is InChI=1S/C20H16N2O4/c1-12-9-18(22-26-12)21-19(23)14-7-8-16-15(10-14)11-17(25-20(16)24)13-5-3-2-4-6-13/h2-10,17H,11H2,1H3,(H,21,22,23). The number of aryl methyl sites for hydroxylation is 1. The second kappa shape index (κ2) is 6.48. The molecule has 1 aliphatic rings.